The largest absolute Gasteiger partial charge is 0.326 e. The maximum Gasteiger partial charge on any atom is 0.0702 e. The van der Waals surface area contributed by atoms with Crippen LogP contribution in [0, 0.1) is 0 Å². The van der Waals surface area contributed by atoms with Crippen LogP contribution in [-0.4, -0.2) is 25.0 Å². The molecule has 1 heterocycles. The molecule has 0 aliphatic carbocycles. The van der Waals surface area contributed by atoms with Crippen LogP contribution in [0.4, 0.5) is 0 Å². The van der Waals surface area contributed by atoms with Crippen LogP contribution in [0.5, 0.6) is 0 Å². The van der Waals surface area contributed by atoms with Gasteiger partial charge < -0.3 is 10.6 Å². The summed E-state index contributed by atoms with van der Waals surface area (Å²) in [5.74, 6) is 0. The fraction of sp³-hybridized carbons (Fsp3) is 0.600. The minimum atomic E-state index is 0.204. The molecule has 0 bridgehead atoms. The molecule has 0 saturated heterocycles. The van der Waals surface area contributed by atoms with E-state index in [0.717, 1.165) is 6.42 Å². The average Bonchev–Trinajstić information content (AvgIpc) is 2.51. The van der Waals surface area contributed by atoms with Gasteiger partial charge in [0.25, 0.3) is 0 Å². The lowest BCUT2D eigenvalue weighted by Gasteiger charge is -2.28. The number of nitrogens with zero attached hydrogens (tertiary/aromatic N) is 1. The van der Waals surface area contributed by atoms with Gasteiger partial charge >= 0.3 is 0 Å². The molecule has 2 unspecified atom stereocenters. The molecule has 1 aromatic rings. The summed E-state index contributed by atoms with van der Waals surface area (Å²) in [6.07, 6.45) is 0.998. The summed E-state index contributed by atoms with van der Waals surface area (Å²) >= 11 is 5.24. The van der Waals surface area contributed by atoms with Gasteiger partial charge in [0.15, 0.2) is 0 Å². The molecule has 2 N–H and O–H groups in total. The van der Waals surface area contributed by atoms with Gasteiger partial charge in [0.2, 0.25) is 0 Å². The first kappa shape index (κ1) is 12.2. The summed E-state index contributed by atoms with van der Waals surface area (Å²) in [4.78, 5) is 3.52. The van der Waals surface area contributed by atoms with Gasteiger partial charge in [0.05, 0.1) is 9.83 Å². The Labute approximate surface area is 98.2 Å². The highest BCUT2D eigenvalue weighted by molar-refractivity contribution is 9.11. The van der Waals surface area contributed by atoms with Crippen LogP contribution in [0.25, 0.3) is 0 Å². The highest BCUT2D eigenvalue weighted by Crippen LogP contribution is 2.31. The van der Waals surface area contributed by atoms with Crippen molar-refractivity contribution in [2.75, 3.05) is 14.1 Å². The molecule has 0 aliphatic heterocycles. The minimum Gasteiger partial charge on any atom is -0.326 e. The summed E-state index contributed by atoms with van der Waals surface area (Å²) in [6.45, 7) is 2.13. The molecule has 0 saturated carbocycles. The molecule has 14 heavy (non-hydrogen) atoms. The van der Waals surface area contributed by atoms with Gasteiger partial charge in [-0.2, -0.15) is 0 Å². The SMILES string of the molecule is CCC(N)C(c1ccc(Br)s1)N(C)C. The van der Waals surface area contributed by atoms with Crippen LogP contribution in [0.15, 0.2) is 15.9 Å². The summed E-state index contributed by atoms with van der Waals surface area (Å²) in [5, 5.41) is 0. The van der Waals surface area contributed by atoms with Crippen LogP contribution in [0.2, 0.25) is 0 Å². The van der Waals surface area contributed by atoms with Crippen LogP contribution >= 0.6 is 27.3 Å². The monoisotopic (exact) mass is 276 g/mol. The van der Waals surface area contributed by atoms with Crippen LogP contribution in [0.3, 0.4) is 0 Å². The van der Waals surface area contributed by atoms with E-state index in [4.69, 9.17) is 5.73 Å². The molecule has 2 atom stereocenters. The smallest absolute Gasteiger partial charge is 0.0702 e. The number of halogens is 1. The van der Waals surface area contributed by atoms with Crippen molar-refractivity contribution in [1.82, 2.24) is 4.90 Å². The number of likely N-dealkylation sites (N-methyl/N-ethyl adjacent to an activating group) is 1. The third-order valence-corrected chi connectivity index (χ3v) is 4.01. The first-order valence-corrected chi connectivity index (χ1v) is 6.34. The Kier molecular flexibility index (Phi) is 4.57. The summed E-state index contributed by atoms with van der Waals surface area (Å²) < 4.78 is 1.17. The first-order chi connectivity index (χ1) is 6.56. The zero-order valence-electron chi connectivity index (χ0n) is 8.83. The van der Waals surface area contributed by atoms with Crippen molar-refractivity contribution in [2.24, 2.45) is 5.73 Å². The third kappa shape index (κ3) is 2.79. The van der Waals surface area contributed by atoms with Gasteiger partial charge in [-0.15, -0.1) is 11.3 Å². The predicted octanol–water partition coefficient (Wildman–Crippen LogP) is 2.85. The molecule has 0 fully saturated rings. The second-order valence-electron chi connectivity index (χ2n) is 3.62. The van der Waals surface area contributed by atoms with E-state index in [1.807, 2.05) is 0 Å². The molecule has 0 aromatic carbocycles. The highest BCUT2D eigenvalue weighted by atomic mass is 79.9. The molecule has 4 heteroatoms. The number of nitrogens with two attached hydrogens (primary N) is 1. The van der Waals surface area contributed by atoms with Gasteiger partial charge in [-0.05, 0) is 48.6 Å². The predicted molar refractivity (Wildman–Crippen MR) is 66.7 cm³/mol. The summed E-state index contributed by atoms with van der Waals surface area (Å²) in [7, 11) is 4.15. The van der Waals surface area contributed by atoms with E-state index in [9.17, 15) is 0 Å². The van der Waals surface area contributed by atoms with Crippen molar-refractivity contribution >= 4 is 27.3 Å². The summed E-state index contributed by atoms with van der Waals surface area (Å²) in [5.41, 5.74) is 6.11. The van der Waals surface area contributed by atoms with Crippen molar-refractivity contribution in [3.63, 3.8) is 0 Å². The van der Waals surface area contributed by atoms with E-state index in [1.165, 1.54) is 8.66 Å². The highest BCUT2D eigenvalue weighted by Gasteiger charge is 2.21. The van der Waals surface area contributed by atoms with E-state index in [2.05, 4.69) is 54.0 Å². The van der Waals surface area contributed by atoms with E-state index < -0.39 is 0 Å². The quantitative estimate of drug-likeness (QED) is 0.917. The van der Waals surface area contributed by atoms with Gasteiger partial charge in [-0.1, -0.05) is 6.92 Å². The fourth-order valence-corrected chi connectivity index (χ4v) is 3.26. The van der Waals surface area contributed by atoms with E-state index >= 15 is 0 Å². The first-order valence-electron chi connectivity index (χ1n) is 4.73. The molecule has 0 radical (unpaired) electrons. The maximum atomic E-state index is 6.11. The van der Waals surface area contributed by atoms with Crippen LogP contribution < -0.4 is 5.73 Å². The Bertz CT molecular complexity index is 285. The topological polar surface area (TPSA) is 29.3 Å². The Hall–Kier alpha value is 0.1000. The normalized spacial score (nSPS) is 15.9. The molecule has 80 valence electrons. The molecule has 2 nitrogen and oxygen atoms in total. The number of thiophene rings is 1. The maximum absolute atomic E-state index is 6.11. The van der Waals surface area contributed by atoms with E-state index in [0.29, 0.717) is 6.04 Å². The van der Waals surface area contributed by atoms with Gasteiger partial charge in [-0.25, -0.2) is 0 Å². The van der Waals surface area contributed by atoms with Crippen LogP contribution in [0.1, 0.15) is 24.3 Å². The molecule has 0 spiro atoms. The van der Waals surface area contributed by atoms with Crippen molar-refractivity contribution < 1.29 is 0 Å². The average molecular weight is 277 g/mol. The summed E-state index contributed by atoms with van der Waals surface area (Å²) in [6, 6.07) is 4.76. The minimum absolute atomic E-state index is 0.204. The van der Waals surface area contributed by atoms with Gasteiger partial charge in [0.1, 0.15) is 0 Å². The fourth-order valence-electron chi connectivity index (χ4n) is 1.56. The Balaban J connectivity index is 2.88. The lowest BCUT2D eigenvalue weighted by atomic mass is 10.0. The van der Waals surface area contributed by atoms with Crippen molar-refractivity contribution in [3.05, 3.63) is 20.8 Å². The second-order valence-corrected chi connectivity index (χ2v) is 6.12. The number of hydrogen-bond donors (Lipinski definition) is 1. The van der Waals surface area contributed by atoms with Crippen molar-refractivity contribution in [3.8, 4) is 0 Å². The Morgan fingerprint density at radius 2 is 2.14 bits per heavy atom. The number of hydrogen-bond acceptors (Lipinski definition) is 3. The number of rotatable bonds is 4. The Morgan fingerprint density at radius 3 is 2.50 bits per heavy atom. The van der Waals surface area contributed by atoms with Gasteiger partial charge in [-0.3, -0.25) is 0 Å². The zero-order chi connectivity index (χ0) is 10.7. The molecular weight excluding hydrogens is 260 g/mol. The third-order valence-electron chi connectivity index (χ3n) is 2.32. The Morgan fingerprint density at radius 1 is 1.50 bits per heavy atom. The lowest BCUT2D eigenvalue weighted by molar-refractivity contribution is 0.257. The van der Waals surface area contributed by atoms with E-state index in [1.54, 1.807) is 11.3 Å². The molecular formula is C10H17BrN2S. The molecule has 0 amide bonds. The molecule has 0 aliphatic rings. The second kappa shape index (κ2) is 5.26. The van der Waals surface area contributed by atoms with Crippen molar-refractivity contribution in [2.45, 2.75) is 25.4 Å². The van der Waals surface area contributed by atoms with Crippen molar-refractivity contribution in [1.29, 1.82) is 0 Å². The molecule has 1 rings (SSSR count). The van der Waals surface area contributed by atoms with Crippen LogP contribution in [-0.2, 0) is 0 Å². The standard InChI is InChI=1S/C10H17BrN2S/c1-4-7(12)10(13(2)3)8-5-6-9(11)14-8/h5-7,10H,4,12H2,1-3H3. The molecule has 1 aromatic heterocycles. The lowest BCUT2D eigenvalue weighted by Crippen LogP contribution is -2.36. The zero-order valence-corrected chi connectivity index (χ0v) is 11.2. The van der Waals surface area contributed by atoms with Gasteiger partial charge in [0, 0.05) is 10.9 Å². The van der Waals surface area contributed by atoms with E-state index in [-0.39, 0.29) is 6.04 Å².